The van der Waals surface area contributed by atoms with E-state index in [4.69, 9.17) is 4.74 Å². The maximum absolute atomic E-state index is 12.6. The van der Waals surface area contributed by atoms with Crippen LogP contribution < -0.4 is 15.1 Å². The molecule has 3 heterocycles. The van der Waals surface area contributed by atoms with Gasteiger partial charge in [-0.2, -0.15) is 0 Å². The number of rotatable bonds is 3. The van der Waals surface area contributed by atoms with Gasteiger partial charge in [0.25, 0.3) is 0 Å². The highest BCUT2D eigenvalue weighted by atomic mass is 16.5. The van der Waals surface area contributed by atoms with Gasteiger partial charge in [-0.3, -0.25) is 0 Å². The second-order valence-corrected chi connectivity index (χ2v) is 7.63. The fraction of sp³-hybridized carbons (Fsp3) is 0.476. The number of carbonyl (C=O) groups excluding carboxylic acids is 1. The van der Waals surface area contributed by atoms with Gasteiger partial charge in [0.1, 0.15) is 0 Å². The van der Waals surface area contributed by atoms with Crippen molar-refractivity contribution in [3.05, 3.63) is 41.5 Å². The normalized spacial score (nSPS) is 17.4. The zero-order valence-corrected chi connectivity index (χ0v) is 17.1. The molecule has 29 heavy (non-hydrogen) atoms. The summed E-state index contributed by atoms with van der Waals surface area (Å²) in [6.07, 6.45) is 0. The van der Waals surface area contributed by atoms with Crippen LogP contribution >= 0.6 is 0 Å². The Morgan fingerprint density at radius 3 is 1.97 bits per heavy atom. The van der Waals surface area contributed by atoms with Gasteiger partial charge >= 0.3 is 6.03 Å². The average molecular weight is 396 g/mol. The van der Waals surface area contributed by atoms with Crippen molar-refractivity contribution in [1.82, 2.24) is 15.1 Å². The number of urea groups is 1. The molecule has 0 bridgehead atoms. The molecule has 0 aliphatic carbocycles. The van der Waals surface area contributed by atoms with Crippen LogP contribution in [0.3, 0.4) is 0 Å². The predicted molar refractivity (Wildman–Crippen MR) is 114 cm³/mol. The minimum absolute atomic E-state index is 0.0524. The lowest BCUT2D eigenvalue weighted by molar-refractivity contribution is 0.122. The molecule has 0 radical (unpaired) electrons. The first-order chi connectivity index (χ1) is 14.1. The van der Waals surface area contributed by atoms with Crippen LogP contribution in [0.15, 0.2) is 30.3 Å². The number of nitrogens with zero attached hydrogens (tertiary/aromatic N) is 5. The molecule has 2 amide bonds. The molecule has 2 aliphatic rings. The molecular formula is C21H28N6O2. The first-order valence-electron chi connectivity index (χ1n) is 10.1. The second-order valence-electron chi connectivity index (χ2n) is 7.63. The molecule has 2 aliphatic heterocycles. The zero-order chi connectivity index (χ0) is 20.2. The number of anilines is 3. The fourth-order valence-electron chi connectivity index (χ4n) is 3.84. The van der Waals surface area contributed by atoms with Crippen LogP contribution in [0.5, 0.6) is 0 Å². The Labute approximate surface area is 171 Å². The van der Waals surface area contributed by atoms with Crippen LogP contribution in [0.4, 0.5) is 22.1 Å². The number of carbonyl (C=O) groups is 1. The molecule has 1 N–H and O–H groups in total. The van der Waals surface area contributed by atoms with Crippen molar-refractivity contribution in [2.24, 2.45) is 0 Å². The molecule has 2 fully saturated rings. The highest BCUT2D eigenvalue weighted by Gasteiger charge is 2.23. The zero-order valence-electron chi connectivity index (χ0n) is 17.1. The van der Waals surface area contributed by atoms with Gasteiger partial charge in [-0.25, -0.2) is 4.79 Å². The highest BCUT2D eigenvalue weighted by molar-refractivity contribution is 5.89. The molecule has 1 aromatic heterocycles. The van der Waals surface area contributed by atoms with E-state index in [1.54, 1.807) is 0 Å². The maximum Gasteiger partial charge on any atom is 0.321 e. The Bertz CT molecular complexity index is 822. The number of piperazine rings is 1. The van der Waals surface area contributed by atoms with Gasteiger partial charge in [0.15, 0.2) is 11.6 Å². The number of aromatic nitrogens is 2. The number of nitrogens with one attached hydrogen (secondary N) is 1. The molecular weight excluding hydrogens is 368 g/mol. The van der Waals surface area contributed by atoms with E-state index in [-0.39, 0.29) is 6.03 Å². The lowest BCUT2D eigenvalue weighted by Gasteiger charge is -2.35. The number of aryl methyl sites for hydroxylation is 2. The SMILES string of the molecule is Cc1cc(C)cc(NC(=O)N2CCN(c3ccc(N4CCOCC4)nn3)CC2)c1. The van der Waals surface area contributed by atoms with Crippen LogP contribution in [0, 0.1) is 13.8 Å². The summed E-state index contributed by atoms with van der Waals surface area (Å²) in [7, 11) is 0. The van der Waals surface area contributed by atoms with Crippen LogP contribution in [0.2, 0.25) is 0 Å². The van der Waals surface area contributed by atoms with E-state index in [2.05, 4.69) is 31.4 Å². The molecule has 0 spiro atoms. The lowest BCUT2D eigenvalue weighted by Crippen LogP contribution is -2.50. The van der Waals surface area contributed by atoms with E-state index in [9.17, 15) is 4.79 Å². The summed E-state index contributed by atoms with van der Waals surface area (Å²) in [5, 5.41) is 11.8. The molecule has 8 heteroatoms. The van der Waals surface area contributed by atoms with Crippen molar-refractivity contribution in [2.75, 3.05) is 67.6 Å². The van der Waals surface area contributed by atoms with E-state index < -0.39 is 0 Å². The minimum atomic E-state index is -0.0524. The smallest absolute Gasteiger partial charge is 0.321 e. The van der Waals surface area contributed by atoms with Crippen LogP contribution in [0.1, 0.15) is 11.1 Å². The fourth-order valence-corrected chi connectivity index (χ4v) is 3.84. The first kappa shape index (κ1) is 19.4. The van der Waals surface area contributed by atoms with E-state index in [0.29, 0.717) is 13.1 Å². The minimum Gasteiger partial charge on any atom is -0.378 e. The van der Waals surface area contributed by atoms with Gasteiger partial charge in [0.05, 0.1) is 13.2 Å². The van der Waals surface area contributed by atoms with Crippen molar-refractivity contribution >= 4 is 23.4 Å². The second kappa shape index (κ2) is 8.65. The lowest BCUT2D eigenvalue weighted by atomic mass is 10.1. The van der Waals surface area contributed by atoms with Gasteiger partial charge in [0, 0.05) is 45.0 Å². The Morgan fingerprint density at radius 1 is 0.862 bits per heavy atom. The number of benzene rings is 1. The van der Waals surface area contributed by atoms with Gasteiger partial charge in [-0.1, -0.05) is 6.07 Å². The number of hydrogen-bond acceptors (Lipinski definition) is 6. The summed E-state index contributed by atoms with van der Waals surface area (Å²) < 4.78 is 5.38. The molecule has 2 aromatic rings. The summed E-state index contributed by atoms with van der Waals surface area (Å²) in [6, 6.07) is 10.1. The largest absolute Gasteiger partial charge is 0.378 e. The summed E-state index contributed by atoms with van der Waals surface area (Å²) in [5.74, 6) is 1.75. The van der Waals surface area contributed by atoms with Crippen molar-refractivity contribution in [1.29, 1.82) is 0 Å². The van der Waals surface area contributed by atoms with E-state index >= 15 is 0 Å². The number of amides is 2. The van der Waals surface area contributed by atoms with Crippen LogP contribution in [0.25, 0.3) is 0 Å². The van der Waals surface area contributed by atoms with Crippen molar-refractivity contribution in [3.8, 4) is 0 Å². The average Bonchev–Trinajstić information content (AvgIpc) is 2.74. The summed E-state index contributed by atoms with van der Waals surface area (Å²) >= 11 is 0. The Balaban J connectivity index is 1.31. The molecule has 0 saturated carbocycles. The van der Waals surface area contributed by atoms with E-state index in [1.807, 2.05) is 43.0 Å². The summed E-state index contributed by atoms with van der Waals surface area (Å²) in [4.78, 5) is 18.8. The number of ether oxygens (including phenoxy) is 1. The predicted octanol–water partition coefficient (Wildman–Crippen LogP) is 2.28. The molecule has 2 saturated heterocycles. The monoisotopic (exact) mass is 396 g/mol. The Kier molecular flexibility index (Phi) is 5.80. The Hall–Kier alpha value is -2.87. The topological polar surface area (TPSA) is 73.8 Å². The maximum atomic E-state index is 12.6. The quantitative estimate of drug-likeness (QED) is 0.858. The van der Waals surface area contributed by atoms with Crippen molar-refractivity contribution in [2.45, 2.75) is 13.8 Å². The Morgan fingerprint density at radius 2 is 1.41 bits per heavy atom. The van der Waals surface area contributed by atoms with Gasteiger partial charge in [-0.15, -0.1) is 10.2 Å². The molecule has 0 atom stereocenters. The van der Waals surface area contributed by atoms with E-state index in [0.717, 1.165) is 67.8 Å². The molecule has 4 rings (SSSR count). The van der Waals surface area contributed by atoms with Crippen molar-refractivity contribution in [3.63, 3.8) is 0 Å². The van der Waals surface area contributed by atoms with Gasteiger partial charge in [0.2, 0.25) is 0 Å². The number of hydrogen-bond donors (Lipinski definition) is 1. The van der Waals surface area contributed by atoms with Crippen LogP contribution in [-0.4, -0.2) is 73.6 Å². The van der Waals surface area contributed by atoms with Gasteiger partial charge in [-0.05, 0) is 49.2 Å². The third-order valence-electron chi connectivity index (χ3n) is 5.34. The summed E-state index contributed by atoms with van der Waals surface area (Å²) in [6.45, 7) is 10.0. The van der Waals surface area contributed by atoms with Gasteiger partial charge < -0.3 is 24.8 Å². The van der Waals surface area contributed by atoms with Crippen LogP contribution in [-0.2, 0) is 4.74 Å². The third-order valence-corrected chi connectivity index (χ3v) is 5.34. The van der Waals surface area contributed by atoms with Crippen molar-refractivity contribution < 1.29 is 9.53 Å². The molecule has 8 nitrogen and oxygen atoms in total. The third kappa shape index (κ3) is 4.76. The number of morpholine rings is 1. The molecule has 0 unspecified atom stereocenters. The first-order valence-corrected chi connectivity index (χ1v) is 10.1. The molecule has 154 valence electrons. The highest BCUT2D eigenvalue weighted by Crippen LogP contribution is 2.18. The van der Waals surface area contributed by atoms with E-state index in [1.165, 1.54) is 0 Å². The summed E-state index contributed by atoms with van der Waals surface area (Å²) in [5.41, 5.74) is 3.13. The standard InChI is InChI=1S/C21H28N6O2/c1-16-13-17(2)15-18(14-16)22-21(28)27-7-5-25(6-8-27)19-3-4-20(24-23-19)26-9-11-29-12-10-26/h3-4,13-15H,5-12H2,1-2H3,(H,22,28). The molecule has 1 aromatic carbocycles.